The van der Waals surface area contributed by atoms with E-state index in [1.54, 1.807) is 17.8 Å². The van der Waals surface area contributed by atoms with E-state index in [0.29, 0.717) is 6.04 Å². The molecule has 1 aliphatic heterocycles. The first kappa shape index (κ1) is 20.7. The maximum absolute atomic E-state index is 10.9. The Hall–Kier alpha value is -1.34. The molecule has 1 aromatic heterocycles. The number of nitrogens with zero attached hydrogens (tertiary/aromatic N) is 2. The zero-order valence-electron chi connectivity index (χ0n) is 13.4. The van der Waals surface area contributed by atoms with Crippen molar-refractivity contribution in [3.63, 3.8) is 0 Å². The molecule has 3 rings (SSSR count). The minimum absolute atomic E-state index is 0. The zero-order chi connectivity index (χ0) is 15.4. The second-order valence-electron chi connectivity index (χ2n) is 6.12. The van der Waals surface area contributed by atoms with Gasteiger partial charge in [-0.1, -0.05) is 0 Å². The van der Waals surface area contributed by atoms with Gasteiger partial charge in [0.25, 0.3) is 5.91 Å². The van der Waals surface area contributed by atoms with Crippen LogP contribution in [0.5, 0.6) is 0 Å². The molecule has 2 heterocycles. The molecule has 134 valence electrons. The Morgan fingerprint density at radius 2 is 2.12 bits per heavy atom. The Morgan fingerprint density at radius 1 is 1.33 bits per heavy atom. The number of halogens is 2. The lowest BCUT2D eigenvalue weighted by Gasteiger charge is -2.16. The molecule has 8 heteroatoms. The second kappa shape index (κ2) is 9.84. The van der Waals surface area contributed by atoms with Crippen molar-refractivity contribution in [1.82, 2.24) is 15.4 Å². The number of hydrogen-bond donors (Lipinski definition) is 3. The summed E-state index contributed by atoms with van der Waals surface area (Å²) in [4.78, 5) is 17.8. The Kier molecular flexibility index (Phi) is 8.48. The number of nitrogens with one attached hydrogen (secondary N) is 2. The Morgan fingerprint density at radius 3 is 2.75 bits per heavy atom. The van der Waals surface area contributed by atoms with E-state index in [1.807, 2.05) is 12.1 Å². The van der Waals surface area contributed by atoms with E-state index in [1.165, 1.54) is 32.0 Å². The predicted octanol–water partition coefficient (Wildman–Crippen LogP) is 2.34. The number of carbonyl (C=O) groups excluding carboxylic acids is 1. The van der Waals surface area contributed by atoms with Gasteiger partial charge in [-0.05, 0) is 49.0 Å². The van der Waals surface area contributed by atoms with Crippen molar-refractivity contribution >= 4 is 42.6 Å². The van der Waals surface area contributed by atoms with Crippen LogP contribution in [0, 0.1) is 5.92 Å². The Labute approximate surface area is 154 Å². The van der Waals surface area contributed by atoms with Gasteiger partial charge < -0.3 is 10.2 Å². The van der Waals surface area contributed by atoms with Crippen LogP contribution in [0.4, 0.5) is 5.82 Å². The summed E-state index contributed by atoms with van der Waals surface area (Å²) in [6, 6.07) is 4.28. The van der Waals surface area contributed by atoms with Crippen molar-refractivity contribution in [2.24, 2.45) is 5.92 Å². The summed E-state index contributed by atoms with van der Waals surface area (Å²) in [6.07, 6.45) is 8.54. The van der Waals surface area contributed by atoms with Crippen LogP contribution in [-0.2, 0) is 4.79 Å². The fraction of sp³-hybridized carbons (Fsp3) is 0.500. The van der Waals surface area contributed by atoms with Crippen LogP contribution < -0.4 is 10.8 Å². The highest BCUT2D eigenvalue weighted by Gasteiger charge is 2.29. The largest absolute Gasteiger partial charge is 0.366 e. The monoisotopic (exact) mass is 374 g/mol. The SMILES string of the molecule is Cl.Cl.O=C(C=Cc1ccc(N[C@@H]2CCN(CC3CC3)C2)nc1)NO. The summed E-state index contributed by atoms with van der Waals surface area (Å²) in [5, 5.41) is 11.9. The van der Waals surface area contributed by atoms with E-state index in [4.69, 9.17) is 5.21 Å². The van der Waals surface area contributed by atoms with Crippen molar-refractivity contribution in [2.75, 3.05) is 25.0 Å². The number of hydroxylamine groups is 1. The van der Waals surface area contributed by atoms with Crippen LogP contribution in [-0.4, -0.2) is 46.7 Å². The lowest BCUT2D eigenvalue weighted by molar-refractivity contribution is -0.124. The number of likely N-dealkylation sites (tertiary alicyclic amines) is 1. The molecule has 1 saturated heterocycles. The predicted molar refractivity (Wildman–Crippen MR) is 98.9 cm³/mol. The molecule has 2 aliphatic rings. The molecular weight excluding hydrogens is 351 g/mol. The molecule has 0 radical (unpaired) electrons. The smallest absolute Gasteiger partial charge is 0.267 e. The molecule has 0 aromatic carbocycles. The molecule has 1 amide bonds. The van der Waals surface area contributed by atoms with E-state index in [-0.39, 0.29) is 24.8 Å². The molecule has 1 aliphatic carbocycles. The van der Waals surface area contributed by atoms with Gasteiger partial charge in [0.2, 0.25) is 0 Å². The summed E-state index contributed by atoms with van der Waals surface area (Å²) in [6.45, 7) is 3.52. The molecule has 1 saturated carbocycles. The molecule has 1 atom stereocenters. The number of rotatable bonds is 6. The fourth-order valence-electron chi connectivity index (χ4n) is 2.79. The fourth-order valence-corrected chi connectivity index (χ4v) is 2.79. The summed E-state index contributed by atoms with van der Waals surface area (Å²) in [5.74, 6) is 1.25. The normalized spacial score (nSPS) is 20.3. The van der Waals surface area contributed by atoms with Crippen molar-refractivity contribution < 1.29 is 10.0 Å². The highest BCUT2D eigenvalue weighted by molar-refractivity contribution is 5.90. The van der Waals surface area contributed by atoms with E-state index < -0.39 is 5.91 Å². The van der Waals surface area contributed by atoms with Gasteiger partial charge in [0, 0.05) is 37.9 Å². The van der Waals surface area contributed by atoms with Gasteiger partial charge in [-0.3, -0.25) is 10.0 Å². The van der Waals surface area contributed by atoms with Gasteiger partial charge >= 0.3 is 0 Å². The van der Waals surface area contributed by atoms with Gasteiger partial charge in [-0.25, -0.2) is 10.5 Å². The van der Waals surface area contributed by atoms with Crippen LogP contribution in [0.15, 0.2) is 24.4 Å². The minimum Gasteiger partial charge on any atom is -0.366 e. The number of carbonyl (C=O) groups is 1. The average Bonchev–Trinajstić information content (AvgIpc) is 3.24. The van der Waals surface area contributed by atoms with Crippen LogP contribution in [0.25, 0.3) is 6.08 Å². The molecule has 2 fully saturated rings. The quantitative estimate of drug-likeness (QED) is 0.404. The van der Waals surface area contributed by atoms with Gasteiger partial charge in [0.1, 0.15) is 5.82 Å². The van der Waals surface area contributed by atoms with Crippen molar-refractivity contribution in [3.8, 4) is 0 Å². The van der Waals surface area contributed by atoms with E-state index in [0.717, 1.165) is 30.3 Å². The Bertz CT molecular complexity index is 550. The second-order valence-corrected chi connectivity index (χ2v) is 6.12. The number of aromatic nitrogens is 1. The molecule has 6 nitrogen and oxygen atoms in total. The molecule has 0 unspecified atom stereocenters. The van der Waals surface area contributed by atoms with Crippen molar-refractivity contribution in [2.45, 2.75) is 25.3 Å². The topological polar surface area (TPSA) is 77.5 Å². The first-order valence-electron chi connectivity index (χ1n) is 7.80. The van der Waals surface area contributed by atoms with Crippen molar-refractivity contribution in [1.29, 1.82) is 0 Å². The summed E-state index contributed by atoms with van der Waals surface area (Å²) < 4.78 is 0. The van der Waals surface area contributed by atoms with Crippen LogP contribution in [0.2, 0.25) is 0 Å². The summed E-state index contributed by atoms with van der Waals surface area (Å²) >= 11 is 0. The molecule has 0 spiro atoms. The van der Waals surface area contributed by atoms with E-state index >= 15 is 0 Å². The minimum atomic E-state index is -0.552. The first-order chi connectivity index (χ1) is 10.7. The number of anilines is 1. The summed E-state index contributed by atoms with van der Waals surface area (Å²) in [7, 11) is 0. The number of pyridine rings is 1. The van der Waals surface area contributed by atoms with Crippen LogP contribution in [0.1, 0.15) is 24.8 Å². The van der Waals surface area contributed by atoms with Crippen LogP contribution in [0.3, 0.4) is 0 Å². The highest BCUT2D eigenvalue weighted by atomic mass is 35.5. The molecule has 24 heavy (non-hydrogen) atoms. The summed E-state index contributed by atoms with van der Waals surface area (Å²) in [5.41, 5.74) is 2.37. The molecule has 1 aromatic rings. The number of amides is 1. The Balaban J connectivity index is 0.00000144. The van der Waals surface area contributed by atoms with Gasteiger partial charge in [-0.2, -0.15) is 0 Å². The first-order valence-corrected chi connectivity index (χ1v) is 7.80. The third kappa shape index (κ3) is 6.28. The lowest BCUT2D eigenvalue weighted by Crippen LogP contribution is -2.28. The third-order valence-electron chi connectivity index (χ3n) is 4.16. The average molecular weight is 375 g/mol. The highest BCUT2D eigenvalue weighted by Crippen LogP contribution is 2.31. The lowest BCUT2D eigenvalue weighted by atomic mass is 10.2. The van der Waals surface area contributed by atoms with E-state index in [2.05, 4.69) is 15.2 Å². The maximum atomic E-state index is 10.9. The number of hydrogen-bond acceptors (Lipinski definition) is 5. The van der Waals surface area contributed by atoms with Crippen LogP contribution >= 0.6 is 24.8 Å². The van der Waals surface area contributed by atoms with Gasteiger partial charge in [-0.15, -0.1) is 24.8 Å². The third-order valence-corrected chi connectivity index (χ3v) is 4.16. The van der Waals surface area contributed by atoms with Gasteiger partial charge in [0.05, 0.1) is 0 Å². The van der Waals surface area contributed by atoms with Gasteiger partial charge in [0.15, 0.2) is 0 Å². The standard InChI is InChI=1S/C16H22N4O2.2ClH/c21-16(19-22)6-4-12-3-5-15(17-9-12)18-14-7-8-20(11-14)10-13-1-2-13;;/h3-6,9,13-14,22H,1-2,7-8,10-11H2,(H,17,18)(H,19,21);2*1H/t14-;;/m1../s1. The zero-order valence-corrected chi connectivity index (χ0v) is 15.0. The molecule has 0 bridgehead atoms. The van der Waals surface area contributed by atoms with E-state index in [9.17, 15) is 4.79 Å². The molecule has 3 N–H and O–H groups in total. The molecular formula is C16H24Cl2N4O2. The van der Waals surface area contributed by atoms with Crippen molar-refractivity contribution in [3.05, 3.63) is 30.0 Å². The maximum Gasteiger partial charge on any atom is 0.267 e.